The van der Waals surface area contributed by atoms with Crippen molar-refractivity contribution < 1.29 is 4.74 Å². The number of hydrogen-bond acceptors (Lipinski definition) is 2. The Morgan fingerprint density at radius 2 is 2.00 bits per heavy atom. The summed E-state index contributed by atoms with van der Waals surface area (Å²) in [5, 5.41) is 3.44. The largest absolute Gasteiger partial charge is 0.372 e. The quantitative estimate of drug-likeness (QED) is 0.731. The standard InChI is InChI=1S/C15H23NO/c1-2-8-16-9-4-3-5-13-6-7-14-11-17-12-15(14)10-13/h6-7,10,16H,2-5,8-9,11-12H2,1H3. The molecular weight excluding hydrogens is 210 g/mol. The molecule has 1 aromatic rings. The number of unbranched alkanes of at least 4 members (excludes halogenated alkanes) is 1. The molecule has 1 heterocycles. The fourth-order valence-electron chi connectivity index (χ4n) is 2.26. The van der Waals surface area contributed by atoms with E-state index in [2.05, 4.69) is 30.4 Å². The Labute approximate surface area is 104 Å². The van der Waals surface area contributed by atoms with Crippen LogP contribution in [0.5, 0.6) is 0 Å². The van der Waals surface area contributed by atoms with Gasteiger partial charge in [0.15, 0.2) is 0 Å². The summed E-state index contributed by atoms with van der Waals surface area (Å²) in [6.45, 7) is 6.12. The highest BCUT2D eigenvalue weighted by Gasteiger charge is 2.10. The highest BCUT2D eigenvalue weighted by atomic mass is 16.5. The molecule has 0 spiro atoms. The fraction of sp³-hybridized carbons (Fsp3) is 0.600. The number of benzene rings is 1. The summed E-state index contributed by atoms with van der Waals surface area (Å²) in [7, 11) is 0. The molecule has 0 unspecified atom stereocenters. The van der Waals surface area contributed by atoms with Gasteiger partial charge >= 0.3 is 0 Å². The maximum Gasteiger partial charge on any atom is 0.0725 e. The Hall–Kier alpha value is -0.860. The molecule has 2 rings (SSSR count). The molecule has 1 aromatic carbocycles. The van der Waals surface area contributed by atoms with Crippen molar-refractivity contribution in [2.24, 2.45) is 0 Å². The van der Waals surface area contributed by atoms with Crippen molar-refractivity contribution in [3.63, 3.8) is 0 Å². The van der Waals surface area contributed by atoms with E-state index in [4.69, 9.17) is 4.74 Å². The average molecular weight is 233 g/mol. The smallest absolute Gasteiger partial charge is 0.0725 e. The van der Waals surface area contributed by atoms with E-state index in [0.717, 1.165) is 26.3 Å². The Balaban J connectivity index is 1.69. The highest BCUT2D eigenvalue weighted by Crippen LogP contribution is 2.21. The van der Waals surface area contributed by atoms with Gasteiger partial charge in [0.25, 0.3) is 0 Å². The lowest BCUT2D eigenvalue weighted by Crippen LogP contribution is -2.15. The van der Waals surface area contributed by atoms with E-state index in [1.165, 1.54) is 42.4 Å². The van der Waals surface area contributed by atoms with Gasteiger partial charge in [0.2, 0.25) is 0 Å². The summed E-state index contributed by atoms with van der Waals surface area (Å²) in [6.07, 6.45) is 4.97. The zero-order chi connectivity index (χ0) is 11.9. The molecule has 1 N–H and O–H groups in total. The third kappa shape index (κ3) is 3.83. The van der Waals surface area contributed by atoms with Crippen LogP contribution in [0.2, 0.25) is 0 Å². The van der Waals surface area contributed by atoms with Crippen molar-refractivity contribution in [1.82, 2.24) is 5.32 Å². The summed E-state index contributed by atoms with van der Waals surface area (Å²) in [4.78, 5) is 0. The molecule has 17 heavy (non-hydrogen) atoms. The van der Waals surface area contributed by atoms with Gasteiger partial charge in [-0.2, -0.15) is 0 Å². The first-order valence-electron chi connectivity index (χ1n) is 6.79. The average Bonchev–Trinajstić information content (AvgIpc) is 2.81. The minimum Gasteiger partial charge on any atom is -0.372 e. The molecule has 2 nitrogen and oxygen atoms in total. The maximum atomic E-state index is 5.43. The minimum absolute atomic E-state index is 0.802. The predicted molar refractivity (Wildman–Crippen MR) is 71.0 cm³/mol. The van der Waals surface area contributed by atoms with E-state index in [9.17, 15) is 0 Å². The van der Waals surface area contributed by atoms with E-state index in [1.54, 1.807) is 0 Å². The van der Waals surface area contributed by atoms with E-state index >= 15 is 0 Å². The van der Waals surface area contributed by atoms with Gasteiger partial charge < -0.3 is 10.1 Å². The van der Waals surface area contributed by atoms with Gasteiger partial charge in [0.1, 0.15) is 0 Å². The Bertz CT molecular complexity index is 349. The van der Waals surface area contributed by atoms with Gasteiger partial charge in [-0.05, 0) is 55.5 Å². The third-order valence-electron chi connectivity index (χ3n) is 3.28. The first-order chi connectivity index (χ1) is 8.40. The van der Waals surface area contributed by atoms with Gasteiger partial charge in [-0.15, -0.1) is 0 Å². The number of ether oxygens (including phenoxy) is 1. The van der Waals surface area contributed by atoms with E-state index in [0.29, 0.717) is 0 Å². The molecule has 1 aliphatic heterocycles. The van der Waals surface area contributed by atoms with Crippen molar-refractivity contribution in [3.8, 4) is 0 Å². The molecule has 0 aliphatic carbocycles. The number of fused-ring (bicyclic) bond motifs is 1. The van der Waals surface area contributed by atoms with Crippen LogP contribution in [0.25, 0.3) is 0 Å². The monoisotopic (exact) mass is 233 g/mol. The molecule has 2 heteroatoms. The second kappa shape index (κ2) is 6.77. The number of hydrogen-bond donors (Lipinski definition) is 1. The Morgan fingerprint density at radius 3 is 2.88 bits per heavy atom. The fourth-order valence-corrected chi connectivity index (χ4v) is 2.26. The molecule has 0 atom stereocenters. The second-order valence-corrected chi connectivity index (χ2v) is 4.80. The van der Waals surface area contributed by atoms with Crippen molar-refractivity contribution >= 4 is 0 Å². The lowest BCUT2D eigenvalue weighted by Gasteiger charge is -2.05. The number of nitrogens with one attached hydrogen (secondary N) is 1. The molecule has 0 bridgehead atoms. The highest BCUT2D eigenvalue weighted by molar-refractivity contribution is 5.33. The molecule has 0 saturated heterocycles. The first kappa shape index (κ1) is 12.6. The van der Waals surface area contributed by atoms with Crippen LogP contribution in [0.3, 0.4) is 0 Å². The van der Waals surface area contributed by atoms with Crippen LogP contribution in [-0.2, 0) is 24.4 Å². The van der Waals surface area contributed by atoms with Crippen LogP contribution in [0.1, 0.15) is 42.9 Å². The lowest BCUT2D eigenvalue weighted by atomic mass is 10.0. The molecule has 0 radical (unpaired) electrons. The third-order valence-corrected chi connectivity index (χ3v) is 3.28. The summed E-state index contributed by atoms with van der Waals surface area (Å²) >= 11 is 0. The first-order valence-corrected chi connectivity index (χ1v) is 6.79. The molecule has 0 saturated carbocycles. The predicted octanol–water partition coefficient (Wildman–Crippen LogP) is 3.04. The van der Waals surface area contributed by atoms with E-state index in [1.807, 2.05) is 0 Å². The summed E-state index contributed by atoms with van der Waals surface area (Å²) < 4.78 is 5.43. The summed E-state index contributed by atoms with van der Waals surface area (Å²) in [5.74, 6) is 0. The SMILES string of the molecule is CCCNCCCCc1ccc2c(c1)COC2. The summed E-state index contributed by atoms with van der Waals surface area (Å²) in [6, 6.07) is 6.81. The van der Waals surface area contributed by atoms with Gasteiger partial charge in [0.05, 0.1) is 13.2 Å². The van der Waals surface area contributed by atoms with Crippen molar-refractivity contribution in [2.45, 2.75) is 45.8 Å². The Morgan fingerprint density at radius 1 is 1.12 bits per heavy atom. The zero-order valence-corrected chi connectivity index (χ0v) is 10.8. The molecular formula is C15H23NO. The lowest BCUT2D eigenvalue weighted by molar-refractivity contribution is 0.134. The Kier molecular flexibility index (Phi) is 5.02. The molecule has 0 fully saturated rings. The maximum absolute atomic E-state index is 5.43. The van der Waals surface area contributed by atoms with Crippen molar-refractivity contribution in [2.75, 3.05) is 13.1 Å². The van der Waals surface area contributed by atoms with Crippen LogP contribution >= 0.6 is 0 Å². The molecule has 94 valence electrons. The molecule has 1 aliphatic rings. The van der Waals surface area contributed by atoms with Gasteiger partial charge in [-0.1, -0.05) is 25.1 Å². The zero-order valence-electron chi connectivity index (χ0n) is 10.8. The van der Waals surface area contributed by atoms with Gasteiger partial charge in [0, 0.05) is 0 Å². The number of rotatable bonds is 7. The van der Waals surface area contributed by atoms with Crippen LogP contribution < -0.4 is 5.32 Å². The second-order valence-electron chi connectivity index (χ2n) is 4.80. The van der Waals surface area contributed by atoms with Crippen LogP contribution in [-0.4, -0.2) is 13.1 Å². The van der Waals surface area contributed by atoms with E-state index < -0.39 is 0 Å². The van der Waals surface area contributed by atoms with Crippen molar-refractivity contribution in [1.29, 1.82) is 0 Å². The van der Waals surface area contributed by atoms with Crippen LogP contribution in [0, 0.1) is 0 Å². The topological polar surface area (TPSA) is 21.3 Å². The van der Waals surface area contributed by atoms with Gasteiger partial charge in [-0.25, -0.2) is 0 Å². The van der Waals surface area contributed by atoms with Crippen molar-refractivity contribution in [3.05, 3.63) is 34.9 Å². The van der Waals surface area contributed by atoms with Crippen LogP contribution in [0.15, 0.2) is 18.2 Å². The number of aryl methyl sites for hydroxylation is 1. The molecule has 0 amide bonds. The van der Waals surface area contributed by atoms with Gasteiger partial charge in [-0.3, -0.25) is 0 Å². The normalized spacial score (nSPS) is 13.9. The van der Waals surface area contributed by atoms with Crippen LogP contribution in [0.4, 0.5) is 0 Å². The minimum atomic E-state index is 0.802. The molecule has 0 aromatic heterocycles. The van der Waals surface area contributed by atoms with E-state index in [-0.39, 0.29) is 0 Å². The summed E-state index contributed by atoms with van der Waals surface area (Å²) in [5.41, 5.74) is 4.23.